The van der Waals surface area contributed by atoms with Crippen LogP contribution in [0, 0.1) is 0 Å². The van der Waals surface area contributed by atoms with Crippen LogP contribution < -0.4 is 0 Å². The molecular formula is C10H8N2O2. The summed E-state index contributed by atoms with van der Waals surface area (Å²) >= 11 is 0. The van der Waals surface area contributed by atoms with E-state index in [2.05, 4.69) is 4.98 Å². The summed E-state index contributed by atoms with van der Waals surface area (Å²) in [6.45, 7) is 0. The van der Waals surface area contributed by atoms with Gasteiger partial charge in [0, 0.05) is 12.4 Å². The molecule has 0 fully saturated rings. The van der Waals surface area contributed by atoms with E-state index in [9.17, 15) is 9.59 Å². The Hall–Kier alpha value is -2.10. The van der Waals surface area contributed by atoms with Gasteiger partial charge in [-0.15, -0.1) is 0 Å². The van der Waals surface area contributed by atoms with Gasteiger partial charge in [0.25, 0.3) is 0 Å². The molecule has 0 aliphatic heterocycles. The first-order chi connectivity index (χ1) is 6.86. The Labute approximate surface area is 80.2 Å². The van der Waals surface area contributed by atoms with Crippen LogP contribution >= 0.6 is 0 Å². The lowest BCUT2D eigenvalue weighted by Crippen LogP contribution is -1.99. The first-order valence-corrected chi connectivity index (χ1v) is 4.12. The summed E-state index contributed by atoms with van der Waals surface area (Å²) in [4.78, 5) is 24.1. The second-order valence-electron chi connectivity index (χ2n) is 2.82. The highest BCUT2D eigenvalue weighted by Gasteiger charge is 2.07. The molecule has 14 heavy (non-hydrogen) atoms. The van der Waals surface area contributed by atoms with Gasteiger partial charge in [0.1, 0.15) is 5.69 Å². The number of aromatic nitrogens is 2. The minimum atomic E-state index is 0.462. The zero-order valence-corrected chi connectivity index (χ0v) is 7.31. The minimum absolute atomic E-state index is 0.462. The Bertz CT molecular complexity index is 424. The topological polar surface area (TPSA) is 54.9 Å². The van der Waals surface area contributed by atoms with Gasteiger partial charge in [0.15, 0.2) is 12.6 Å². The van der Waals surface area contributed by atoms with E-state index in [1.165, 1.54) is 0 Å². The Balaban J connectivity index is 2.59. The molecule has 0 spiro atoms. The number of nitrogens with zero attached hydrogens (tertiary/aromatic N) is 1. The lowest BCUT2D eigenvalue weighted by atomic mass is 10.3. The summed E-state index contributed by atoms with van der Waals surface area (Å²) in [7, 11) is 0. The fourth-order valence-electron chi connectivity index (χ4n) is 1.39. The third kappa shape index (κ3) is 1.17. The second-order valence-corrected chi connectivity index (χ2v) is 2.82. The number of aromatic amines is 1. The highest BCUT2D eigenvalue weighted by molar-refractivity contribution is 5.80. The highest BCUT2D eigenvalue weighted by Crippen LogP contribution is 2.13. The molecule has 70 valence electrons. The first-order valence-electron chi connectivity index (χ1n) is 4.12. The quantitative estimate of drug-likeness (QED) is 0.741. The first kappa shape index (κ1) is 8.50. The molecule has 0 aliphatic rings. The average Bonchev–Trinajstić information content (AvgIpc) is 2.85. The molecule has 1 N–H and O–H groups in total. The van der Waals surface area contributed by atoms with Gasteiger partial charge in [-0.3, -0.25) is 9.59 Å². The third-order valence-corrected chi connectivity index (χ3v) is 2.03. The molecule has 0 bridgehead atoms. The summed E-state index contributed by atoms with van der Waals surface area (Å²) in [5, 5.41) is 0. The van der Waals surface area contributed by atoms with Gasteiger partial charge < -0.3 is 9.55 Å². The largest absolute Gasteiger partial charge is 0.357 e. The number of nitrogens with one attached hydrogen (secondary N) is 1. The minimum Gasteiger partial charge on any atom is -0.357 e. The molecule has 0 aliphatic carbocycles. The fourth-order valence-corrected chi connectivity index (χ4v) is 1.39. The monoisotopic (exact) mass is 188 g/mol. The van der Waals surface area contributed by atoms with Crippen LogP contribution in [0.15, 0.2) is 30.6 Å². The van der Waals surface area contributed by atoms with Crippen molar-refractivity contribution >= 4 is 12.6 Å². The molecule has 2 heterocycles. The Morgan fingerprint density at radius 3 is 2.79 bits per heavy atom. The van der Waals surface area contributed by atoms with Crippen LogP contribution in [-0.2, 0) is 0 Å². The summed E-state index contributed by atoms with van der Waals surface area (Å²) in [6, 6.07) is 5.19. The zero-order chi connectivity index (χ0) is 9.97. The van der Waals surface area contributed by atoms with E-state index in [4.69, 9.17) is 0 Å². The molecule has 2 aromatic rings. The van der Waals surface area contributed by atoms with Crippen LogP contribution in [-0.4, -0.2) is 22.1 Å². The number of carbonyl (C=O) groups is 2. The molecule has 0 unspecified atom stereocenters. The van der Waals surface area contributed by atoms with Crippen molar-refractivity contribution in [2.75, 3.05) is 0 Å². The van der Waals surface area contributed by atoms with Crippen LogP contribution in [0.3, 0.4) is 0 Å². The van der Waals surface area contributed by atoms with E-state index in [-0.39, 0.29) is 0 Å². The van der Waals surface area contributed by atoms with Crippen molar-refractivity contribution in [3.8, 4) is 5.69 Å². The van der Waals surface area contributed by atoms with Gasteiger partial charge in [-0.2, -0.15) is 0 Å². The smallest absolute Gasteiger partial charge is 0.168 e. The molecule has 0 aromatic carbocycles. The molecule has 2 rings (SSSR count). The van der Waals surface area contributed by atoms with Gasteiger partial charge in [0.2, 0.25) is 0 Å². The molecule has 0 amide bonds. The molecule has 0 saturated heterocycles. The van der Waals surface area contributed by atoms with Crippen molar-refractivity contribution in [1.82, 2.24) is 9.55 Å². The fraction of sp³-hybridized carbons (Fsp3) is 0. The van der Waals surface area contributed by atoms with Gasteiger partial charge >= 0.3 is 0 Å². The summed E-state index contributed by atoms with van der Waals surface area (Å²) in [5.41, 5.74) is 1.67. The number of hydrogen-bond donors (Lipinski definition) is 1. The van der Waals surface area contributed by atoms with Crippen molar-refractivity contribution in [1.29, 1.82) is 0 Å². The maximum Gasteiger partial charge on any atom is 0.168 e. The van der Waals surface area contributed by atoms with Gasteiger partial charge in [-0.25, -0.2) is 0 Å². The molecule has 0 radical (unpaired) electrons. The van der Waals surface area contributed by atoms with Crippen molar-refractivity contribution in [3.63, 3.8) is 0 Å². The van der Waals surface area contributed by atoms with Crippen LogP contribution in [0.25, 0.3) is 5.69 Å². The maximum absolute atomic E-state index is 10.7. The number of hydrogen-bond acceptors (Lipinski definition) is 2. The van der Waals surface area contributed by atoms with Crippen LogP contribution in [0.4, 0.5) is 0 Å². The van der Waals surface area contributed by atoms with Gasteiger partial charge in [0.05, 0.1) is 11.4 Å². The van der Waals surface area contributed by atoms with E-state index >= 15 is 0 Å². The number of rotatable bonds is 3. The van der Waals surface area contributed by atoms with Crippen molar-refractivity contribution in [3.05, 3.63) is 42.0 Å². The van der Waals surface area contributed by atoms with Gasteiger partial charge in [-0.05, 0) is 18.2 Å². The molecule has 4 nitrogen and oxygen atoms in total. The number of H-pyrrole nitrogens is 1. The van der Waals surface area contributed by atoms with E-state index in [0.717, 1.165) is 12.6 Å². The van der Waals surface area contributed by atoms with Crippen LogP contribution in [0.1, 0.15) is 21.0 Å². The zero-order valence-electron chi connectivity index (χ0n) is 7.31. The Morgan fingerprint density at radius 2 is 2.07 bits per heavy atom. The molecule has 4 heteroatoms. The summed E-state index contributed by atoms with van der Waals surface area (Å²) < 4.78 is 1.66. The lowest BCUT2D eigenvalue weighted by molar-refractivity contribution is 0.110. The van der Waals surface area contributed by atoms with Crippen molar-refractivity contribution < 1.29 is 9.59 Å². The van der Waals surface area contributed by atoms with E-state index in [1.54, 1.807) is 35.2 Å². The predicted molar refractivity (Wildman–Crippen MR) is 50.9 cm³/mol. The molecular weight excluding hydrogens is 180 g/mol. The molecule has 0 saturated carbocycles. The second kappa shape index (κ2) is 3.33. The maximum atomic E-state index is 10.7. The van der Waals surface area contributed by atoms with Crippen molar-refractivity contribution in [2.45, 2.75) is 0 Å². The summed E-state index contributed by atoms with van der Waals surface area (Å²) in [6.07, 6.45) is 4.87. The Morgan fingerprint density at radius 1 is 1.21 bits per heavy atom. The van der Waals surface area contributed by atoms with E-state index in [1.807, 2.05) is 0 Å². The van der Waals surface area contributed by atoms with E-state index in [0.29, 0.717) is 17.1 Å². The highest BCUT2D eigenvalue weighted by atomic mass is 16.1. The van der Waals surface area contributed by atoms with E-state index < -0.39 is 0 Å². The predicted octanol–water partition coefficient (Wildman–Crippen LogP) is 1.43. The Kier molecular flexibility index (Phi) is 2.02. The summed E-state index contributed by atoms with van der Waals surface area (Å²) in [5.74, 6) is 0. The molecule has 2 aromatic heterocycles. The number of carbonyl (C=O) groups excluding carboxylic acids is 2. The van der Waals surface area contributed by atoms with Crippen LogP contribution in [0.2, 0.25) is 0 Å². The standard InChI is InChI=1S/C10H8N2O2/c13-6-8-2-1-5-12(8)10-3-4-11-9(10)7-14/h1-7,11H. The van der Waals surface area contributed by atoms with Crippen molar-refractivity contribution in [2.24, 2.45) is 0 Å². The average molecular weight is 188 g/mol. The normalized spacial score (nSPS) is 10.0. The SMILES string of the molecule is O=Cc1[nH]ccc1-n1cccc1C=O. The van der Waals surface area contributed by atoms with Crippen LogP contribution in [0.5, 0.6) is 0 Å². The number of aldehydes is 2. The third-order valence-electron chi connectivity index (χ3n) is 2.03. The lowest BCUT2D eigenvalue weighted by Gasteiger charge is -2.02. The van der Waals surface area contributed by atoms with Gasteiger partial charge in [-0.1, -0.05) is 0 Å². The molecule has 0 atom stereocenters.